The Kier molecular flexibility index (Phi) is 6.93. The van der Waals surface area contributed by atoms with Crippen LogP contribution in [0.5, 0.6) is 0 Å². The molecule has 1 amide bonds. The van der Waals surface area contributed by atoms with Gasteiger partial charge in [-0.05, 0) is 43.0 Å². The Morgan fingerprint density at radius 1 is 1.03 bits per heavy atom. The number of thioether (sulfide) groups is 1. The number of hydrogen-bond acceptors (Lipinski definition) is 4. The van der Waals surface area contributed by atoms with Crippen molar-refractivity contribution in [2.45, 2.75) is 44.2 Å². The van der Waals surface area contributed by atoms with Crippen LogP contribution < -0.4 is 16.6 Å². The van der Waals surface area contributed by atoms with E-state index in [1.807, 2.05) is 30.5 Å². The number of aromatic nitrogens is 2. The Morgan fingerprint density at radius 3 is 2.59 bits per heavy atom. The fourth-order valence-corrected chi connectivity index (χ4v) is 3.75. The van der Waals surface area contributed by atoms with Gasteiger partial charge in [-0.15, -0.1) is 11.8 Å². The van der Waals surface area contributed by atoms with Crippen molar-refractivity contribution in [2.75, 3.05) is 11.6 Å². The highest BCUT2D eigenvalue weighted by molar-refractivity contribution is 7.98. The molecule has 0 fully saturated rings. The van der Waals surface area contributed by atoms with Gasteiger partial charge in [0.25, 0.3) is 5.56 Å². The third-order valence-electron chi connectivity index (χ3n) is 4.77. The summed E-state index contributed by atoms with van der Waals surface area (Å²) in [6.07, 6.45) is 4.64. The van der Waals surface area contributed by atoms with Gasteiger partial charge in [0.2, 0.25) is 5.91 Å². The van der Waals surface area contributed by atoms with Crippen molar-refractivity contribution in [3.05, 3.63) is 69.4 Å². The molecule has 3 rings (SSSR count). The van der Waals surface area contributed by atoms with Gasteiger partial charge in [0, 0.05) is 17.1 Å². The summed E-state index contributed by atoms with van der Waals surface area (Å²) in [7, 11) is 0. The van der Waals surface area contributed by atoms with E-state index in [0.29, 0.717) is 23.1 Å². The van der Waals surface area contributed by atoms with Crippen molar-refractivity contribution in [2.24, 2.45) is 0 Å². The molecule has 7 heteroatoms. The Morgan fingerprint density at radius 2 is 1.83 bits per heavy atom. The predicted octanol–water partition coefficient (Wildman–Crippen LogP) is 3.71. The maximum Gasteiger partial charge on any atom is 0.331 e. The monoisotopic (exact) mass is 411 g/mol. The van der Waals surface area contributed by atoms with Crippen LogP contribution in [-0.4, -0.2) is 21.3 Å². The average Bonchev–Trinajstić information content (AvgIpc) is 2.73. The van der Waals surface area contributed by atoms with E-state index in [9.17, 15) is 14.4 Å². The van der Waals surface area contributed by atoms with Crippen LogP contribution in [0.3, 0.4) is 0 Å². The molecule has 1 heterocycles. The molecule has 0 aliphatic carbocycles. The molecule has 0 aliphatic heterocycles. The molecule has 0 atom stereocenters. The Bertz CT molecular complexity index is 1130. The topological polar surface area (TPSA) is 73.1 Å². The quantitative estimate of drug-likeness (QED) is 0.453. The van der Waals surface area contributed by atoms with Crippen molar-refractivity contribution in [3.8, 4) is 0 Å². The summed E-state index contributed by atoms with van der Waals surface area (Å²) in [6.45, 7) is 2.27. The number of para-hydroxylation sites is 1. The highest BCUT2D eigenvalue weighted by atomic mass is 32.2. The molecule has 29 heavy (non-hydrogen) atoms. The van der Waals surface area contributed by atoms with Gasteiger partial charge in [0.05, 0.1) is 10.9 Å². The molecule has 0 radical (unpaired) electrons. The number of benzene rings is 2. The summed E-state index contributed by atoms with van der Waals surface area (Å²) in [5, 5.41) is 3.29. The molecular weight excluding hydrogens is 386 g/mol. The number of carbonyl (C=O) groups is 1. The van der Waals surface area contributed by atoms with Crippen LogP contribution in [0.2, 0.25) is 0 Å². The Balaban J connectivity index is 1.96. The number of nitrogens with zero attached hydrogens (tertiary/aromatic N) is 2. The van der Waals surface area contributed by atoms with Gasteiger partial charge in [-0.3, -0.25) is 18.7 Å². The highest BCUT2D eigenvalue weighted by Crippen LogP contribution is 2.19. The van der Waals surface area contributed by atoms with Crippen LogP contribution in [0.1, 0.15) is 26.2 Å². The van der Waals surface area contributed by atoms with Crippen LogP contribution in [-0.2, 0) is 17.9 Å². The fraction of sp³-hybridized carbons (Fsp3) is 0.318. The zero-order valence-corrected chi connectivity index (χ0v) is 17.5. The second kappa shape index (κ2) is 9.60. The molecule has 0 saturated heterocycles. The van der Waals surface area contributed by atoms with Gasteiger partial charge in [0.1, 0.15) is 6.54 Å². The van der Waals surface area contributed by atoms with Crippen molar-refractivity contribution in [1.29, 1.82) is 0 Å². The Labute approximate surface area is 173 Å². The summed E-state index contributed by atoms with van der Waals surface area (Å²) >= 11 is 1.59. The molecule has 0 unspecified atom stereocenters. The zero-order chi connectivity index (χ0) is 20.8. The SMILES string of the molecule is CCCCCn1c(=O)c2ccccc2n(CC(=O)Nc2cccc(SC)c2)c1=O. The third kappa shape index (κ3) is 4.79. The lowest BCUT2D eigenvalue weighted by Crippen LogP contribution is -2.41. The first-order valence-electron chi connectivity index (χ1n) is 9.71. The van der Waals surface area contributed by atoms with Gasteiger partial charge in [-0.1, -0.05) is 38.0 Å². The first-order valence-corrected chi connectivity index (χ1v) is 10.9. The summed E-state index contributed by atoms with van der Waals surface area (Å²) < 4.78 is 2.63. The average molecular weight is 412 g/mol. The van der Waals surface area contributed by atoms with Crippen LogP contribution in [0, 0.1) is 0 Å². The normalized spacial score (nSPS) is 11.0. The van der Waals surface area contributed by atoms with Gasteiger partial charge in [0.15, 0.2) is 0 Å². The van der Waals surface area contributed by atoms with E-state index in [1.165, 1.54) is 9.13 Å². The van der Waals surface area contributed by atoms with Crippen LogP contribution >= 0.6 is 11.8 Å². The van der Waals surface area contributed by atoms with Crippen LogP contribution in [0.25, 0.3) is 10.9 Å². The molecule has 1 N–H and O–H groups in total. The lowest BCUT2D eigenvalue weighted by atomic mass is 10.2. The van der Waals surface area contributed by atoms with E-state index in [2.05, 4.69) is 12.2 Å². The number of anilines is 1. The van der Waals surface area contributed by atoms with Crippen molar-refractivity contribution >= 4 is 34.3 Å². The van der Waals surface area contributed by atoms with Crippen molar-refractivity contribution in [3.63, 3.8) is 0 Å². The molecule has 2 aromatic carbocycles. The Hall–Kier alpha value is -2.80. The summed E-state index contributed by atoms with van der Waals surface area (Å²) in [4.78, 5) is 39.5. The van der Waals surface area contributed by atoms with Crippen molar-refractivity contribution in [1.82, 2.24) is 9.13 Å². The zero-order valence-electron chi connectivity index (χ0n) is 16.7. The molecule has 0 aliphatic rings. The highest BCUT2D eigenvalue weighted by Gasteiger charge is 2.15. The van der Waals surface area contributed by atoms with E-state index in [-0.39, 0.29) is 18.0 Å². The lowest BCUT2D eigenvalue weighted by molar-refractivity contribution is -0.116. The van der Waals surface area contributed by atoms with Crippen LogP contribution in [0.4, 0.5) is 5.69 Å². The number of amides is 1. The first-order chi connectivity index (χ1) is 14.0. The standard InChI is InChI=1S/C22H25N3O3S/c1-3-4-7-13-24-21(27)18-11-5-6-12-19(18)25(22(24)28)15-20(26)23-16-9-8-10-17(14-16)29-2/h5-6,8-12,14H,3-4,7,13,15H2,1-2H3,(H,23,26). The van der Waals surface area contributed by atoms with Crippen molar-refractivity contribution < 1.29 is 4.79 Å². The number of unbranched alkanes of at least 4 members (excludes halogenated alkanes) is 2. The van der Waals surface area contributed by atoms with E-state index in [0.717, 1.165) is 24.2 Å². The molecular formula is C22H25N3O3S. The minimum Gasteiger partial charge on any atom is -0.324 e. The minimum absolute atomic E-state index is 0.156. The van der Waals surface area contributed by atoms with Crippen LogP contribution in [0.15, 0.2) is 63.0 Å². The van der Waals surface area contributed by atoms with E-state index in [1.54, 1.807) is 36.0 Å². The summed E-state index contributed by atoms with van der Waals surface area (Å²) in [5.41, 5.74) is 0.404. The summed E-state index contributed by atoms with van der Waals surface area (Å²) in [5.74, 6) is -0.311. The summed E-state index contributed by atoms with van der Waals surface area (Å²) in [6, 6.07) is 14.5. The van der Waals surface area contributed by atoms with Gasteiger partial charge >= 0.3 is 5.69 Å². The number of rotatable bonds is 8. The molecule has 0 spiro atoms. The number of nitrogens with one attached hydrogen (secondary N) is 1. The van der Waals surface area contributed by atoms with Gasteiger partial charge in [-0.25, -0.2) is 4.79 Å². The number of fused-ring (bicyclic) bond motifs is 1. The second-order valence-electron chi connectivity index (χ2n) is 6.83. The van der Waals surface area contributed by atoms with Gasteiger partial charge in [-0.2, -0.15) is 0 Å². The molecule has 1 aromatic heterocycles. The minimum atomic E-state index is -0.446. The maximum absolute atomic E-state index is 13.0. The predicted molar refractivity (Wildman–Crippen MR) is 119 cm³/mol. The third-order valence-corrected chi connectivity index (χ3v) is 5.50. The second-order valence-corrected chi connectivity index (χ2v) is 7.71. The largest absolute Gasteiger partial charge is 0.331 e. The van der Waals surface area contributed by atoms with E-state index >= 15 is 0 Å². The molecule has 3 aromatic rings. The number of carbonyl (C=O) groups excluding carboxylic acids is 1. The molecule has 152 valence electrons. The first kappa shape index (κ1) is 20.9. The molecule has 0 bridgehead atoms. The van der Waals surface area contributed by atoms with E-state index in [4.69, 9.17) is 0 Å². The smallest absolute Gasteiger partial charge is 0.324 e. The van der Waals surface area contributed by atoms with E-state index < -0.39 is 5.69 Å². The van der Waals surface area contributed by atoms with Gasteiger partial charge < -0.3 is 5.32 Å². The lowest BCUT2D eigenvalue weighted by Gasteiger charge is -2.14. The number of hydrogen-bond donors (Lipinski definition) is 1. The maximum atomic E-state index is 13.0. The molecule has 0 saturated carbocycles. The fourth-order valence-electron chi connectivity index (χ4n) is 3.29. The molecule has 6 nitrogen and oxygen atoms in total.